The summed E-state index contributed by atoms with van der Waals surface area (Å²) in [5.41, 5.74) is 0. The summed E-state index contributed by atoms with van der Waals surface area (Å²) in [5, 5.41) is 2.76. The molecule has 138 valence electrons. The molecule has 0 aromatic carbocycles. The number of Topliss-reactive ketones (excluding diaryl/α,β-unsaturated/α-hetero) is 1. The predicted octanol–water partition coefficient (Wildman–Crippen LogP) is 1.36. The van der Waals surface area contributed by atoms with Crippen molar-refractivity contribution >= 4 is 21.7 Å². The van der Waals surface area contributed by atoms with E-state index in [4.69, 9.17) is 0 Å². The SMILES string of the molecule is CC[C@H](C)CC(=O)N(C1CCCNCC1=O)S(=O)(=O)c1ccccn1. The fourth-order valence-corrected chi connectivity index (χ4v) is 4.31. The lowest BCUT2D eigenvalue weighted by molar-refractivity contribution is -0.134. The van der Waals surface area contributed by atoms with Gasteiger partial charge in [-0.1, -0.05) is 26.3 Å². The lowest BCUT2D eigenvalue weighted by Gasteiger charge is -2.29. The van der Waals surface area contributed by atoms with Crippen molar-refractivity contribution in [3.63, 3.8) is 0 Å². The van der Waals surface area contributed by atoms with Crippen LogP contribution in [0.3, 0.4) is 0 Å². The quantitative estimate of drug-likeness (QED) is 0.815. The summed E-state index contributed by atoms with van der Waals surface area (Å²) in [6.45, 7) is 4.52. The third kappa shape index (κ3) is 4.64. The summed E-state index contributed by atoms with van der Waals surface area (Å²) in [7, 11) is -4.18. The molecule has 25 heavy (non-hydrogen) atoms. The summed E-state index contributed by atoms with van der Waals surface area (Å²) in [5.74, 6) is -0.789. The molecule has 0 aliphatic carbocycles. The number of hydrogen-bond acceptors (Lipinski definition) is 6. The Hall–Kier alpha value is -1.80. The number of hydrogen-bond donors (Lipinski definition) is 1. The van der Waals surface area contributed by atoms with Gasteiger partial charge in [0, 0.05) is 12.6 Å². The van der Waals surface area contributed by atoms with Gasteiger partial charge in [-0.15, -0.1) is 0 Å². The highest BCUT2D eigenvalue weighted by atomic mass is 32.2. The van der Waals surface area contributed by atoms with Gasteiger partial charge in [-0.05, 0) is 37.4 Å². The van der Waals surface area contributed by atoms with Crippen molar-refractivity contribution in [1.82, 2.24) is 14.6 Å². The Morgan fingerprint density at radius 1 is 1.44 bits per heavy atom. The van der Waals surface area contributed by atoms with Gasteiger partial charge in [0.1, 0.15) is 6.04 Å². The number of ketones is 1. The molecular weight excluding hydrogens is 342 g/mol. The molecule has 1 saturated heterocycles. The van der Waals surface area contributed by atoms with E-state index in [1.165, 1.54) is 12.3 Å². The highest BCUT2D eigenvalue weighted by Crippen LogP contribution is 2.23. The molecule has 2 atom stereocenters. The zero-order valence-corrected chi connectivity index (χ0v) is 15.5. The molecule has 0 spiro atoms. The molecule has 1 fully saturated rings. The van der Waals surface area contributed by atoms with Gasteiger partial charge in [0.15, 0.2) is 10.8 Å². The van der Waals surface area contributed by atoms with E-state index in [0.29, 0.717) is 19.4 Å². The molecule has 2 heterocycles. The third-order valence-corrected chi connectivity index (χ3v) is 6.16. The minimum absolute atomic E-state index is 0.0351. The Morgan fingerprint density at radius 2 is 2.20 bits per heavy atom. The van der Waals surface area contributed by atoms with E-state index in [9.17, 15) is 18.0 Å². The first-order chi connectivity index (χ1) is 11.9. The van der Waals surface area contributed by atoms with Gasteiger partial charge in [0.05, 0.1) is 6.54 Å². The van der Waals surface area contributed by atoms with Crippen LogP contribution in [0, 0.1) is 5.92 Å². The fraction of sp³-hybridized carbons (Fsp3) is 0.588. The van der Waals surface area contributed by atoms with Crippen LogP contribution in [0.25, 0.3) is 0 Å². The maximum absolute atomic E-state index is 13.1. The van der Waals surface area contributed by atoms with Crippen LogP contribution in [-0.2, 0) is 19.6 Å². The summed E-state index contributed by atoms with van der Waals surface area (Å²) < 4.78 is 26.9. The molecule has 1 amide bonds. The Bertz CT molecular complexity index is 706. The van der Waals surface area contributed by atoms with Crippen molar-refractivity contribution in [2.75, 3.05) is 13.1 Å². The van der Waals surface area contributed by atoms with Crippen molar-refractivity contribution in [2.24, 2.45) is 5.92 Å². The molecule has 1 unspecified atom stereocenters. The van der Waals surface area contributed by atoms with Crippen LogP contribution in [0.1, 0.15) is 39.5 Å². The molecule has 1 aliphatic rings. The first-order valence-corrected chi connectivity index (χ1v) is 10.0. The molecule has 1 aromatic rings. The number of rotatable bonds is 6. The number of carbonyl (C=O) groups is 2. The number of carbonyl (C=O) groups excluding carboxylic acids is 2. The molecule has 1 N–H and O–H groups in total. The molecule has 8 heteroatoms. The first kappa shape index (κ1) is 19.5. The smallest absolute Gasteiger partial charge is 0.284 e. The molecule has 0 bridgehead atoms. The molecule has 1 aromatic heterocycles. The van der Waals surface area contributed by atoms with Crippen LogP contribution >= 0.6 is 0 Å². The van der Waals surface area contributed by atoms with E-state index < -0.39 is 22.0 Å². The minimum atomic E-state index is -4.18. The minimum Gasteiger partial charge on any atom is -0.310 e. The third-order valence-electron chi connectivity index (χ3n) is 4.41. The first-order valence-electron chi connectivity index (χ1n) is 8.59. The van der Waals surface area contributed by atoms with Crippen molar-refractivity contribution in [3.05, 3.63) is 24.4 Å². The second-order valence-electron chi connectivity index (χ2n) is 6.38. The number of sulfonamides is 1. The van der Waals surface area contributed by atoms with Gasteiger partial charge in [-0.2, -0.15) is 8.42 Å². The molecule has 2 rings (SSSR count). The van der Waals surface area contributed by atoms with Gasteiger partial charge >= 0.3 is 0 Å². The van der Waals surface area contributed by atoms with E-state index in [-0.39, 0.29) is 29.7 Å². The van der Waals surface area contributed by atoms with E-state index in [0.717, 1.165) is 10.7 Å². The largest absolute Gasteiger partial charge is 0.310 e. The number of nitrogens with one attached hydrogen (secondary N) is 1. The highest BCUT2D eigenvalue weighted by Gasteiger charge is 2.40. The van der Waals surface area contributed by atoms with Crippen LogP contribution in [-0.4, -0.2) is 48.5 Å². The number of amides is 1. The summed E-state index contributed by atoms with van der Waals surface area (Å²) in [6.07, 6.45) is 3.15. The van der Waals surface area contributed by atoms with Crippen molar-refractivity contribution in [3.8, 4) is 0 Å². The number of pyridine rings is 1. The van der Waals surface area contributed by atoms with Crippen LogP contribution in [0.2, 0.25) is 0 Å². The maximum atomic E-state index is 13.1. The standard InChI is InChI=1S/C17H25N3O4S/c1-3-13(2)11-17(22)20(14-7-6-9-18-12-15(14)21)25(23,24)16-8-4-5-10-19-16/h4-5,8,10,13-14,18H,3,6-7,9,11-12H2,1-2H3/t13-,14?/m0/s1. The second-order valence-corrected chi connectivity index (χ2v) is 8.14. The van der Waals surface area contributed by atoms with Crippen molar-refractivity contribution in [1.29, 1.82) is 0 Å². The van der Waals surface area contributed by atoms with Gasteiger partial charge < -0.3 is 5.32 Å². The van der Waals surface area contributed by atoms with Gasteiger partial charge in [0.25, 0.3) is 10.0 Å². The van der Waals surface area contributed by atoms with E-state index >= 15 is 0 Å². The van der Waals surface area contributed by atoms with E-state index in [2.05, 4.69) is 10.3 Å². The number of nitrogens with zero attached hydrogens (tertiary/aromatic N) is 2. The van der Waals surface area contributed by atoms with Crippen molar-refractivity contribution < 1.29 is 18.0 Å². The normalized spacial score (nSPS) is 19.9. The molecule has 1 aliphatic heterocycles. The Balaban J connectivity index is 2.44. The summed E-state index contributed by atoms with van der Waals surface area (Å²) >= 11 is 0. The van der Waals surface area contributed by atoms with E-state index in [1.807, 2.05) is 13.8 Å². The van der Waals surface area contributed by atoms with Gasteiger partial charge in [-0.3, -0.25) is 9.59 Å². The Morgan fingerprint density at radius 3 is 2.84 bits per heavy atom. The lowest BCUT2D eigenvalue weighted by Crippen LogP contribution is -2.50. The van der Waals surface area contributed by atoms with Crippen LogP contribution < -0.4 is 5.32 Å². The van der Waals surface area contributed by atoms with Crippen molar-refractivity contribution in [2.45, 2.75) is 50.6 Å². The average molecular weight is 367 g/mol. The van der Waals surface area contributed by atoms with Crippen LogP contribution in [0.5, 0.6) is 0 Å². The monoisotopic (exact) mass is 367 g/mol. The maximum Gasteiger partial charge on any atom is 0.284 e. The van der Waals surface area contributed by atoms with Crippen LogP contribution in [0.15, 0.2) is 29.4 Å². The predicted molar refractivity (Wildman–Crippen MR) is 93.2 cm³/mol. The Labute approximate surface area is 148 Å². The Kier molecular flexibility index (Phi) is 6.66. The zero-order valence-electron chi connectivity index (χ0n) is 14.6. The zero-order chi connectivity index (χ0) is 18.4. The van der Waals surface area contributed by atoms with E-state index in [1.54, 1.807) is 12.1 Å². The van der Waals surface area contributed by atoms with Gasteiger partial charge in [0.2, 0.25) is 5.91 Å². The fourth-order valence-electron chi connectivity index (χ4n) is 2.77. The topological polar surface area (TPSA) is 96.4 Å². The highest BCUT2D eigenvalue weighted by molar-refractivity contribution is 7.89. The second kappa shape index (κ2) is 8.53. The summed E-state index contributed by atoms with van der Waals surface area (Å²) in [4.78, 5) is 29.2. The molecule has 0 saturated carbocycles. The molecular formula is C17H25N3O4S. The molecule has 7 nitrogen and oxygen atoms in total. The lowest BCUT2D eigenvalue weighted by atomic mass is 10.0. The van der Waals surface area contributed by atoms with Crippen LogP contribution in [0.4, 0.5) is 0 Å². The average Bonchev–Trinajstić information content (AvgIpc) is 2.80. The number of aromatic nitrogens is 1. The summed E-state index contributed by atoms with van der Waals surface area (Å²) in [6, 6.07) is 3.52. The molecule has 0 radical (unpaired) electrons. The van der Waals surface area contributed by atoms with Gasteiger partial charge in [-0.25, -0.2) is 9.29 Å².